The predicted octanol–water partition coefficient (Wildman–Crippen LogP) is 3.12. The fourth-order valence-corrected chi connectivity index (χ4v) is 2.19. The third-order valence-electron chi connectivity index (χ3n) is 3.14. The van der Waals surface area contributed by atoms with Crippen LogP contribution in [0, 0.1) is 0 Å². The summed E-state index contributed by atoms with van der Waals surface area (Å²) in [4.78, 5) is 4.65. The Hall–Kier alpha value is -2.35. The highest BCUT2D eigenvalue weighted by molar-refractivity contribution is 6.12. The van der Waals surface area contributed by atoms with Crippen LogP contribution in [-0.2, 0) is 0 Å². The number of benzene rings is 2. The average Bonchev–Trinajstić information content (AvgIpc) is 2.75. The summed E-state index contributed by atoms with van der Waals surface area (Å²) >= 11 is 0. The molecule has 2 aromatic rings. The number of nitrogens with zero attached hydrogens (tertiary/aromatic N) is 1. The van der Waals surface area contributed by atoms with E-state index in [4.69, 9.17) is 0 Å². The van der Waals surface area contributed by atoms with E-state index >= 15 is 0 Å². The lowest BCUT2D eigenvalue weighted by molar-refractivity contribution is 0.867. The van der Waals surface area contributed by atoms with Gasteiger partial charge in [-0.2, -0.15) is 0 Å². The molecule has 1 N–H and O–H groups in total. The zero-order valence-corrected chi connectivity index (χ0v) is 10.7. The quantitative estimate of drug-likeness (QED) is 0.867. The van der Waals surface area contributed by atoms with E-state index in [-0.39, 0.29) is 0 Å². The molecular weight excluding hydrogens is 232 g/mol. The van der Waals surface area contributed by atoms with Gasteiger partial charge in [0.2, 0.25) is 0 Å². The van der Waals surface area contributed by atoms with E-state index in [0.29, 0.717) is 0 Å². The minimum absolute atomic E-state index is 0.803. The highest BCUT2D eigenvalue weighted by Gasteiger charge is 2.08. The molecule has 0 saturated carbocycles. The minimum Gasteiger partial charge on any atom is -0.383 e. The standard InChI is InChI=1S/C17H16N2/c1-3-7-14(8-4-1)16-13-17(19-12-11-18-16)15-9-5-2-6-10-15/h1-10,13,18H,11-12H2. The summed E-state index contributed by atoms with van der Waals surface area (Å²) in [5.41, 5.74) is 4.55. The molecule has 0 aliphatic carbocycles. The summed E-state index contributed by atoms with van der Waals surface area (Å²) in [6, 6.07) is 20.7. The Labute approximate surface area is 113 Å². The first-order chi connectivity index (χ1) is 9.43. The van der Waals surface area contributed by atoms with Crippen molar-refractivity contribution < 1.29 is 0 Å². The predicted molar refractivity (Wildman–Crippen MR) is 80.3 cm³/mol. The Morgan fingerprint density at radius 1 is 0.789 bits per heavy atom. The van der Waals surface area contributed by atoms with Crippen molar-refractivity contribution in [1.82, 2.24) is 5.32 Å². The van der Waals surface area contributed by atoms with Crippen LogP contribution in [0.1, 0.15) is 11.1 Å². The second kappa shape index (κ2) is 5.53. The summed E-state index contributed by atoms with van der Waals surface area (Å²) < 4.78 is 0. The first-order valence-corrected chi connectivity index (χ1v) is 6.54. The Balaban J connectivity index is 1.98. The van der Waals surface area contributed by atoms with Gasteiger partial charge in [-0.25, -0.2) is 0 Å². The third kappa shape index (κ3) is 2.74. The fourth-order valence-electron chi connectivity index (χ4n) is 2.19. The van der Waals surface area contributed by atoms with Gasteiger partial charge in [-0.1, -0.05) is 60.7 Å². The molecular formula is C17H16N2. The van der Waals surface area contributed by atoms with Crippen molar-refractivity contribution in [2.24, 2.45) is 4.99 Å². The lowest BCUT2D eigenvalue weighted by Gasteiger charge is -2.08. The molecule has 2 nitrogen and oxygen atoms in total. The molecule has 0 atom stereocenters. The molecule has 0 unspecified atom stereocenters. The van der Waals surface area contributed by atoms with Crippen molar-refractivity contribution in [1.29, 1.82) is 0 Å². The van der Waals surface area contributed by atoms with Gasteiger partial charge in [-0.15, -0.1) is 0 Å². The van der Waals surface area contributed by atoms with Crippen LogP contribution >= 0.6 is 0 Å². The SMILES string of the molecule is C1=C(c2ccccc2)NCCN=C1c1ccccc1. The maximum absolute atomic E-state index is 4.65. The van der Waals surface area contributed by atoms with Crippen LogP contribution < -0.4 is 5.32 Å². The summed E-state index contributed by atoms with van der Waals surface area (Å²) in [5, 5.41) is 3.44. The molecule has 94 valence electrons. The molecule has 2 aromatic carbocycles. The first kappa shape index (κ1) is 11.7. The molecule has 0 amide bonds. The van der Waals surface area contributed by atoms with Crippen molar-refractivity contribution in [2.75, 3.05) is 13.1 Å². The second-order valence-corrected chi connectivity index (χ2v) is 4.48. The van der Waals surface area contributed by atoms with Gasteiger partial charge >= 0.3 is 0 Å². The summed E-state index contributed by atoms with van der Waals surface area (Å²) in [6.45, 7) is 1.67. The molecule has 0 bridgehead atoms. The molecule has 0 fully saturated rings. The van der Waals surface area contributed by atoms with E-state index in [0.717, 1.165) is 24.5 Å². The van der Waals surface area contributed by atoms with Crippen molar-refractivity contribution >= 4 is 11.4 Å². The fraction of sp³-hybridized carbons (Fsp3) is 0.118. The average molecular weight is 248 g/mol. The summed E-state index contributed by atoms with van der Waals surface area (Å²) in [5.74, 6) is 0. The smallest absolute Gasteiger partial charge is 0.0668 e. The Morgan fingerprint density at radius 3 is 2.11 bits per heavy atom. The van der Waals surface area contributed by atoms with Crippen LogP contribution in [0.2, 0.25) is 0 Å². The second-order valence-electron chi connectivity index (χ2n) is 4.48. The largest absolute Gasteiger partial charge is 0.383 e. The van der Waals surface area contributed by atoms with E-state index in [2.05, 4.69) is 52.8 Å². The van der Waals surface area contributed by atoms with Crippen molar-refractivity contribution in [3.8, 4) is 0 Å². The number of nitrogens with one attached hydrogen (secondary N) is 1. The molecule has 0 spiro atoms. The molecule has 1 aliphatic heterocycles. The molecule has 0 radical (unpaired) electrons. The number of allylic oxidation sites excluding steroid dienone is 1. The monoisotopic (exact) mass is 248 g/mol. The summed E-state index contributed by atoms with van der Waals surface area (Å²) in [7, 11) is 0. The van der Waals surface area contributed by atoms with E-state index in [1.807, 2.05) is 24.3 Å². The van der Waals surface area contributed by atoms with Crippen LogP contribution in [0.25, 0.3) is 5.70 Å². The lowest BCUT2D eigenvalue weighted by atomic mass is 10.1. The number of aliphatic imine (C=N–C) groups is 1. The maximum Gasteiger partial charge on any atom is 0.0668 e. The van der Waals surface area contributed by atoms with E-state index in [1.54, 1.807) is 0 Å². The third-order valence-corrected chi connectivity index (χ3v) is 3.14. The van der Waals surface area contributed by atoms with E-state index in [9.17, 15) is 0 Å². The minimum atomic E-state index is 0.803. The van der Waals surface area contributed by atoms with Gasteiger partial charge in [-0.3, -0.25) is 4.99 Å². The number of hydrogen-bond acceptors (Lipinski definition) is 2. The highest BCUT2D eigenvalue weighted by atomic mass is 14.9. The van der Waals surface area contributed by atoms with Crippen LogP contribution in [0.4, 0.5) is 0 Å². The zero-order valence-electron chi connectivity index (χ0n) is 10.7. The highest BCUT2D eigenvalue weighted by Crippen LogP contribution is 2.15. The van der Waals surface area contributed by atoms with Crippen LogP contribution in [0.15, 0.2) is 71.7 Å². The van der Waals surface area contributed by atoms with Crippen LogP contribution in [0.3, 0.4) is 0 Å². The Bertz CT molecular complexity index is 598. The Morgan fingerprint density at radius 2 is 1.42 bits per heavy atom. The van der Waals surface area contributed by atoms with Gasteiger partial charge < -0.3 is 5.32 Å². The van der Waals surface area contributed by atoms with Crippen LogP contribution in [-0.4, -0.2) is 18.8 Å². The molecule has 19 heavy (non-hydrogen) atoms. The molecule has 3 rings (SSSR count). The molecule has 0 aromatic heterocycles. The van der Waals surface area contributed by atoms with Gasteiger partial charge in [0.1, 0.15) is 0 Å². The lowest BCUT2D eigenvalue weighted by Crippen LogP contribution is -2.14. The van der Waals surface area contributed by atoms with Crippen molar-refractivity contribution in [2.45, 2.75) is 0 Å². The van der Waals surface area contributed by atoms with Gasteiger partial charge in [0.15, 0.2) is 0 Å². The molecule has 0 saturated heterocycles. The number of rotatable bonds is 2. The number of hydrogen-bond donors (Lipinski definition) is 1. The molecule has 2 heteroatoms. The van der Waals surface area contributed by atoms with Gasteiger partial charge in [0.05, 0.1) is 12.3 Å². The van der Waals surface area contributed by atoms with Gasteiger partial charge in [-0.05, 0) is 17.2 Å². The zero-order chi connectivity index (χ0) is 12.9. The van der Waals surface area contributed by atoms with E-state index in [1.165, 1.54) is 11.1 Å². The normalized spacial score (nSPS) is 14.9. The van der Waals surface area contributed by atoms with E-state index < -0.39 is 0 Å². The maximum atomic E-state index is 4.65. The molecule has 1 aliphatic rings. The van der Waals surface area contributed by atoms with Crippen molar-refractivity contribution in [3.63, 3.8) is 0 Å². The first-order valence-electron chi connectivity index (χ1n) is 6.54. The molecule has 1 heterocycles. The van der Waals surface area contributed by atoms with Gasteiger partial charge in [0.25, 0.3) is 0 Å². The van der Waals surface area contributed by atoms with Crippen molar-refractivity contribution in [3.05, 3.63) is 77.9 Å². The Kier molecular flexibility index (Phi) is 3.41. The topological polar surface area (TPSA) is 24.4 Å². The summed E-state index contributed by atoms with van der Waals surface area (Å²) in [6.07, 6.45) is 2.14. The van der Waals surface area contributed by atoms with Crippen LogP contribution in [0.5, 0.6) is 0 Å². The van der Waals surface area contributed by atoms with Gasteiger partial charge in [0, 0.05) is 12.2 Å².